The van der Waals surface area contributed by atoms with Crippen molar-refractivity contribution in [1.82, 2.24) is 9.38 Å². The molecule has 8 aromatic carbocycles. The van der Waals surface area contributed by atoms with Gasteiger partial charge in [-0.1, -0.05) is 146 Å². The number of hydrogen-bond acceptors (Lipinski definition) is 2. The van der Waals surface area contributed by atoms with E-state index in [4.69, 9.17) is 9.40 Å². The lowest BCUT2D eigenvalue weighted by molar-refractivity contribution is 0.644. The van der Waals surface area contributed by atoms with Gasteiger partial charge in [0, 0.05) is 5.56 Å². The Morgan fingerprint density at radius 2 is 0.808 bits per heavy atom. The van der Waals surface area contributed by atoms with Gasteiger partial charge in [-0.25, -0.2) is 0 Å². The van der Waals surface area contributed by atoms with Crippen LogP contribution in [0.2, 0.25) is 0 Å². The molecule has 0 bridgehead atoms. The Balaban J connectivity index is 1.31. The monoisotopic (exact) mass is 660 g/mol. The van der Waals surface area contributed by atoms with Gasteiger partial charge in [-0.3, -0.25) is 4.40 Å². The second kappa shape index (κ2) is 10.3. The predicted octanol–water partition coefficient (Wildman–Crippen LogP) is 13.5. The quantitative estimate of drug-likeness (QED) is 0.175. The molecule has 12 rings (SSSR count). The Kier molecular flexibility index (Phi) is 5.50. The molecule has 0 fully saturated rings. The van der Waals surface area contributed by atoms with Crippen LogP contribution in [0.15, 0.2) is 174 Å². The number of fused-ring (bicyclic) bond motifs is 15. The van der Waals surface area contributed by atoms with Crippen molar-refractivity contribution in [2.75, 3.05) is 0 Å². The fourth-order valence-corrected chi connectivity index (χ4v) is 9.00. The summed E-state index contributed by atoms with van der Waals surface area (Å²) >= 11 is 0. The van der Waals surface area contributed by atoms with Crippen molar-refractivity contribution in [1.29, 1.82) is 0 Å². The van der Waals surface area contributed by atoms with E-state index in [2.05, 4.69) is 162 Å². The standard InChI is InChI=1S/C49H28N2O/c1-4-15-34-31(12-1)32-13-2-5-16-35(32)40-21-10-22-41-42-28-29(30-18-11-25-45-48(30)52-49-50-43-23-7-8-24-44(43)51(45)49)26-27-37(42)33-14-3-6-17-36(33)39-20-9-19-38(34)46(39)47(40)41/h1-28H. The normalized spacial score (nSPS) is 12.2. The summed E-state index contributed by atoms with van der Waals surface area (Å²) in [6.07, 6.45) is 0. The molecule has 0 saturated heterocycles. The van der Waals surface area contributed by atoms with Crippen LogP contribution in [0, 0.1) is 0 Å². The molecule has 2 aliphatic carbocycles. The zero-order valence-corrected chi connectivity index (χ0v) is 28.0. The van der Waals surface area contributed by atoms with E-state index in [-0.39, 0.29) is 0 Å². The smallest absolute Gasteiger partial charge is 0.307 e. The van der Waals surface area contributed by atoms with Crippen molar-refractivity contribution in [3.8, 4) is 22.3 Å². The molecule has 0 aliphatic heterocycles. The third kappa shape index (κ3) is 3.66. The molecule has 52 heavy (non-hydrogen) atoms. The molecule has 240 valence electrons. The number of nitrogens with zero attached hydrogens (tertiary/aromatic N) is 2. The molecule has 0 amide bonds. The van der Waals surface area contributed by atoms with Gasteiger partial charge in [0.2, 0.25) is 0 Å². The molecule has 3 heteroatoms. The van der Waals surface area contributed by atoms with Gasteiger partial charge in [-0.15, -0.1) is 0 Å². The minimum absolute atomic E-state index is 0.608. The minimum Gasteiger partial charge on any atom is -0.422 e. The number of imidazole rings is 1. The Morgan fingerprint density at radius 1 is 0.365 bits per heavy atom. The Labute approximate surface area is 297 Å². The SMILES string of the molecule is c1ccc2c(c1)nc1oc3c(-c4ccc5c(c4)c4cccc6c4-c4c(cccc4c4ccccc45)c4ccccc4c4ccccc64)cccc3n12. The number of benzene rings is 8. The van der Waals surface area contributed by atoms with Gasteiger partial charge in [0.1, 0.15) is 0 Å². The zero-order valence-electron chi connectivity index (χ0n) is 28.0. The van der Waals surface area contributed by atoms with E-state index < -0.39 is 0 Å². The van der Waals surface area contributed by atoms with Crippen molar-refractivity contribution >= 4 is 92.6 Å². The lowest BCUT2D eigenvalue weighted by atomic mass is 9.83. The molecule has 0 spiro atoms. The molecule has 0 unspecified atom stereocenters. The van der Waals surface area contributed by atoms with E-state index in [1.807, 2.05) is 12.1 Å². The summed E-state index contributed by atoms with van der Waals surface area (Å²) in [4.78, 5) is 4.83. The van der Waals surface area contributed by atoms with Gasteiger partial charge in [-0.05, 0) is 106 Å². The van der Waals surface area contributed by atoms with E-state index in [1.54, 1.807) is 0 Å². The third-order valence-electron chi connectivity index (χ3n) is 11.2. The fraction of sp³-hybridized carbons (Fsp3) is 0. The average Bonchev–Trinajstić information content (AvgIpc) is 3.76. The Hall–Kier alpha value is -6.97. The number of aromatic nitrogens is 2. The summed E-state index contributed by atoms with van der Waals surface area (Å²) < 4.78 is 8.71. The molecule has 2 aliphatic rings. The number of oxazole rings is 1. The molecule has 0 N–H and O–H groups in total. The number of hydrogen-bond donors (Lipinski definition) is 0. The third-order valence-corrected chi connectivity index (χ3v) is 11.2. The molecule has 0 saturated carbocycles. The van der Waals surface area contributed by atoms with E-state index in [1.165, 1.54) is 75.8 Å². The predicted molar refractivity (Wildman–Crippen MR) is 218 cm³/mol. The van der Waals surface area contributed by atoms with Crippen LogP contribution in [0.3, 0.4) is 0 Å². The first-order valence-electron chi connectivity index (χ1n) is 17.8. The number of rotatable bonds is 1. The highest BCUT2D eigenvalue weighted by molar-refractivity contribution is 6.32. The van der Waals surface area contributed by atoms with Crippen LogP contribution in [-0.4, -0.2) is 9.38 Å². The van der Waals surface area contributed by atoms with Crippen LogP contribution in [-0.2, 0) is 0 Å². The average molecular weight is 661 g/mol. The summed E-state index contributed by atoms with van der Waals surface area (Å²) in [6.45, 7) is 0. The summed E-state index contributed by atoms with van der Waals surface area (Å²) in [5, 5.41) is 14.9. The summed E-state index contributed by atoms with van der Waals surface area (Å²) in [7, 11) is 0. The maximum atomic E-state index is 6.58. The minimum atomic E-state index is 0.608. The molecule has 0 atom stereocenters. The van der Waals surface area contributed by atoms with Crippen molar-refractivity contribution < 1.29 is 4.42 Å². The summed E-state index contributed by atoms with van der Waals surface area (Å²) in [6, 6.07) is 62.0. The lowest BCUT2D eigenvalue weighted by Crippen LogP contribution is -1.92. The summed E-state index contributed by atoms with van der Waals surface area (Å²) in [5.74, 6) is 0.608. The van der Waals surface area contributed by atoms with Gasteiger partial charge in [-0.2, -0.15) is 4.98 Å². The van der Waals surface area contributed by atoms with Crippen LogP contribution in [0.4, 0.5) is 0 Å². The first-order valence-corrected chi connectivity index (χ1v) is 17.8. The van der Waals surface area contributed by atoms with E-state index in [9.17, 15) is 0 Å². The highest BCUT2D eigenvalue weighted by atomic mass is 16.4. The number of para-hydroxylation sites is 3. The first-order chi connectivity index (χ1) is 25.8. The van der Waals surface area contributed by atoms with E-state index in [0.717, 1.165) is 33.3 Å². The van der Waals surface area contributed by atoms with E-state index in [0.29, 0.717) is 5.84 Å². The van der Waals surface area contributed by atoms with Crippen molar-refractivity contribution in [2.45, 2.75) is 0 Å². The molecule has 0 radical (unpaired) electrons. The topological polar surface area (TPSA) is 30.4 Å². The van der Waals surface area contributed by atoms with Gasteiger partial charge in [0.05, 0.1) is 16.6 Å². The van der Waals surface area contributed by atoms with E-state index >= 15 is 0 Å². The molecule has 2 aromatic heterocycles. The molecule has 3 nitrogen and oxygen atoms in total. The van der Waals surface area contributed by atoms with Crippen LogP contribution in [0.25, 0.3) is 115 Å². The Bertz CT molecular complexity index is 3480. The zero-order chi connectivity index (χ0) is 33.9. The Morgan fingerprint density at radius 3 is 1.40 bits per heavy atom. The highest BCUT2D eigenvalue weighted by Gasteiger charge is 2.21. The van der Waals surface area contributed by atoms with Crippen LogP contribution in [0.1, 0.15) is 0 Å². The second-order valence-corrected chi connectivity index (χ2v) is 13.8. The molecular formula is C49H28N2O. The lowest BCUT2D eigenvalue weighted by Gasteiger charge is -2.19. The van der Waals surface area contributed by atoms with Crippen molar-refractivity contribution in [3.63, 3.8) is 0 Å². The van der Waals surface area contributed by atoms with Crippen LogP contribution < -0.4 is 0 Å². The maximum absolute atomic E-state index is 6.58. The van der Waals surface area contributed by atoms with Gasteiger partial charge in [0.15, 0.2) is 5.58 Å². The van der Waals surface area contributed by atoms with Crippen LogP contribution >= 0.6 is 0 Å². The highest BCUT2D eigenvalue weighted by Crippen LogP contribution is 2.47. The second-order valence-electron chi connectivity index (χ2n) is 13.8. The molecular weight excluding hydrogens is 633 g/mol. The van der Waals surface area contributed by atoms with Crippen molar-refractivity contribution in [3.05, 3.63) is 170 Å². The van der Waals surface area contributed by atoms with Gasteiger partial charge >= 0.3 is 5.84 Å². The van der Waals surface area contributed by atoms with Gasteiger partial charge in [0.25, 0.3) is 0 Å². The van der Waals surface area contributed by atoms with Crippen LogP contribution in [0.5, 0.6) is 0 Å². The maximum Gasteiger partial charge on any atom is 0.307 e. The van der Waals surface area contributed by atoms with Gasteiger partial charge < -0.3 is 4.42 Å². The molecule has 2 heterocycles. The summed E-state index contributed by atoms with van der Waals surface area (Å²) in [5.41, 5.74) is 8.51. The largest absolute Gasteiger partial charge is 0.422 e. The fourth-order valence-electron chi connectivity index (χ4n) is 9.00. The first kappa shape index (κ1) is 27.8. The van der Waals surface area contributed by atoms with Crippen molar-refractivity contribution in [2.24, 2.45) is 0 Å². The molecule has 10 aromatic rings.